The Morgan fingerprint density at radius 3 is 2.75 bits per heavy atom. The van der Waals surface area contributed by atoms with E-state index < -0.39 is 0 Å². The summed E-state index contributed by atoms with van der Waals surface area (Å²) in [5.74, 6) is -0.171. The van der Waals surface area contributed by atoms with Gasteiger partial charge in [-0.15, -0.1) is 0 Å². The Balaban J connectivity index is 2.07. The SMILES string of the molecule is NC1=NC2(CO1)Cc1c(F)ccc(Br)c1C2. The Morgan fingerprint density at radius 1 is 1.38 bits per heavy atom. The average molecular weight is 285 g/mol. The number of amidine groups is 1. The fourth-order valence-corrected chi connectivity index (χ4v) is 2.94. The fourth-order valence-electron chi connectivity index (χ4n) is 2.43. The lowest BCUT2D eigenvalue weighted by atomic mass is 9.99. The van der Waals surface area contributed by atoms with Gasteiger partial charge in [-0.1, -0.05) is 15.9 Å². The van der Waals surface area contributed by atoms with Crippen LogP contribution >= 0.6 is 15.9 Å². The van der Waals surface area contributed by atoms with E-state index in [0.717, 1.165) is 15.6 Å². The maximum Gasteiger partial charge on any atom is 0.282 e. The molecule has 1 aliphatic heterocycles. The highest BCUT2D eigenvalue weighted by molar-refractivity contribution is 9.10. The number of hydrogen-bond donors (Lipinski definition) is 1. The first-order valence-electron chi connectivity index (χ1n) is 5.04. The Labute approximate surface area is 101 Å². The van der Waals surface area contributed by atoms with E-state index in [-0.39, 0.29) is 17.4 Å². The van der Waals surface area contributed by atoms with Crippen molar-refractivity contribution < 1.29 is 9.13 Å². The van der Waals surface area contributed by atoms with E-state index in [1.54, 1.807) is 6.07 Å². The lowest BCUT2D eigenvalue weighted by molar-refractivity contribution is 0.257. The summed E-state index contributed by atoms with van der Waals surface area (Å²) in [6.07, 6.45) is 1.25. The zero-order valence-electron chi connectivity index (χ0n) is 8.46. The first-order chi connectivity index (χ1) is 7.60. The first-order valence-corrected chi connectivity index (χ1v) is 5.83. The third kappa shape index (κ3) is 1.34. The van der Waals surface area contributed by atoms with Crippen LogP contribution in [-0.4, -0.2) is 18.2 Å². The Bertz CT molecular complexity index is 470. The Morgan fingerprint density at radius 2 is 2.12 bits per heavy atom. The highest BCUT2D eigenvalue weighted by Crippen LogP contribution is 2.40. The van der Waals surface area contributed by atoms with Crippen molar-refractivity contribution in [1.29, 1.82) is 0 Å². The number of halogens is 2. The van der Waals surface area contributed by atoms with Crippen LogP contribution < -0.4 is 5.73 Å². The summed E-state index contributed by atoms with van der Waals surface area (Å²) in [5.41, 5.74) is 6.87. The zero-order chi connectivity index (χ0) is 11.3. The monoisotopic (exact) mass is 284 g/mol. The summed E-state index contributed by atoms with van der Waals surface area (Å²) in [4.78, 5) is 4.30. The van der Waals surface area contributed by atoms with Crippen LogP contribution in [0.2, 0.25) is 0 Å². The molecule has 1 aromatic carbocycles. The van der Waals surface area contributed by atoms with Crippen molar-refractivity contribution in [1.82, 2.24) is 0 Å². The molecule has 0 saturated heterocycles. The van der Waals surface area contributed by atoms with Gasteiger partial charge in [0.25, 0.3) is 6.02 Å². The van der Waals surface area contributed by atoms with Crippen LogP contribution in [-0.2, 0) is 17.6 Å². The number of fused-ring (bicyclic) bond motifs is 1. The molecular formula is C11H10BrFN2O. The van der Waals surface area contributed by atoms with E-state index in [2.05, 4.69) is 20.9 Å². The van der Waals surface area contributed by atoms with Crippen LogP contribution in [0.5, 0.6) is 0 Å². The van der Waals surface area contributed by atoms with Crippen molar-refractivity contribution in [2.45, 2.75) is 18.4 Å². The smallest absolute Gasteiger partial charge is 0.282 e. The second-order valence-electron chi connectivity index (χ2n) is 4.30. The van der Waals surface area contributed by atoms with Crippen molar-refractivity contribution in [3.8, 4) is 0 Å². The molecule has 1 aliphatic carbocycles. The van der Waals surface area contributed by atoms with Gasteiger partial charge in [0.1, 0.15) is 18.0 Å². The van der Waals surface area contributed by atoms with Crippen molar-refractivity contribution in [2.75, 3.05) is 6.61 Å². The fraction of sp³-hybridized carbons (Fsp3) is 0.364. The van der Waals surface area contributed by atoms with Gasteiger partial charge in [0.05, 0.1) is 0 Å². The molecule has 0 aromatic heterocycles. The standard InChI is InChI=1S/C11H10BrFN2O/c12-8-1-2-9(13)7-4-11(3-6(7)8)5-16-10(14)15-11/h1-2H,3-5H2,(H2,14,15). The molecule has 1 atom stereocenters. The molecule has 5 heteroatoms. The number of benzene rings is 1. The van der Waals surface area contributed by atoms with Gasteiger partial charge in [0, 0.05) is 17.3 Å². The van der Waals surface area contributed by atoms with Gasteiger partial charge in [-0.25, -0.2) is 9.38 Å². The molecule has 0 radical (unpaired) electrons. The quantitative estimate of drug-likeness (QED) is 0.789. The Kier molecular flexibility index (Phi) is 2.01. The lowest BCUT2D eigenvalue weighted by Gasteiger charge is -2.15. The van der Waals surface area contributed by atoms with Gasteiger partial charge in [0.2, 0.25) is 0 Å². The number of hydrogen-bond acceptors (Lipinski definition) is 3. The molecule has 0 amide bonds. The van der Waals surface area contributed by atoms with Crippen LogP contribution in [0.25, 0.3) is 0 Å². The van der Waals surface area contributed by atoms with E-state index in [4.69, 9.17) is 10.5 Å². The molecule has 1 spiro atoms. The predicted molar refractivity (Wildman–Crippen MR) is 61.8 cm³/mol. The van der Waals surface area contributed by atoms with Crippen LogP contribution in [0.15, 0.2) is 21.6 Å². The molecule has 0 bridgehead atoms. The van der Waals surface area contributed by atoms with E-state index in [9.17, 15) is 4.39 Å². The van der Waals surface area contributed by atoms with Gasteiger partial charge < -0.3 is 10.5 Å². The lowest BCUT2D eigenvalue weighted by Crippen LogP contribution is -2.28. The average Bonchev–Trinajstić information content (AvgIpc) is 2.79. The van der Waals surface area contributed by atoms with Gasteiger partial charge in [-0.3, -0.25) is 0 Å². The minimum absolute atomic E-state index is 0.171. The van der Waals surface area contributed by atoms with Gasteiger partial charge in [-0.05, 0) is 23.3 Å². The summed E-state index contributed by atoms with van der Waals surface area (Å²) in [5, 5.41) is 0. The van der Waals surface area contributed by atoms with Crippen molar-refractivity contribution >= 4 is 22.0 Å². The van der Waals surface area contributed by atoms with Crippen LogP contribution in [0, 0.1) is 5.82 Å². The van der Waals surface area contributed by atoms with Crippen molar-refractivity contribution in [3.63, 3.8) is 0 Å². The molecule has 3 rings (SSSR count). The van der Waals surface area contributed by atoms with E-state index >= 15 is 0 Å². The molecule has 1 heterocycles. The van der Waals surface area contributed by atoms with E-state index in [1.807, 2.05) is 0 Å². The number of aliphatic imine (C=N–C) groups is 1. The largest absolute Gasteiger partial charge is 0.463 e. The second kappa shape index (κ2) is 3.20. The Hall–Kier alpha value is -1.10. The molecule has 1 unspecified atom stereocenters. The molecular weight excluding hydrogens is 275 g/mol. The van der Waals surface area contributed by atoms with Crippen LogP contribution in [0.3, 0.4) is 0 Å². The molecule has 84 valence electrons. The predicted octanol–water partition coefficient (Wildman–Crippen LogP) is 1.77. The summed E-state index contributed by atoms with van der Waals surface area (Å²) < 4.78 is 19.8. The number of rotatable bonds is 0. The normalized spacial score (nSPS) is 26.8. The van der Waals surface area contributed by atoms with Gasteiger partial charge in [0.15, 0.2) is 0 Å². The van der Waals surface area contributed by atoms with Crippen LogP contribution in [0.1, 0.15) is 11.1 Å². The summed E-state index contributed by atoms with van der Waals surface area (Å²) in [6, 6.07) is 3.42. The second-order valence-corrected chi connectivity index (χ2v) is 5.16. The van der Waals surface area contributed by atoms with Gasteiger partial charge in [-0.2, -0.15) is 0 Å². The maximum atomic E-state index is 13.7. The van der Waals surface area contributed by atoms with Crippen molar-refractivity contribution in [2.24, 2.45) is 10.7 Å². The minimum atomic E-state index is -0.378. The van der Waals surface area contributed by atoms with E-state index in [0.29, 0.717) is 19.4 Å². The highest BCUT2D eigenvalue weighted by Gasteiger charge is 2.43. The topological polar surface area (TPSA) is 47.6 Å². The summed E-state index contributed by atoms with van der Waals surface area (Å²) >= 11 is 3.44. The molecule has 3 nitrogen and oxygen atoms in total. The first kappa shape index (κ1) is 10.1. The van der Waals surface area contributed by atoms with Gasteiger partial charge >= 0.3 is 0 Å². The molecule has 1 aromatic rings. The third-order valence-corrected chi connectivity index (χ3v) is 3.91. The molecule has 0 saturated carbocycles. The van der Waals surface area contributed by atoms with Crippen LogP contribution in [0.4, 0.5) is 4.39 Å². The number of ether oxygens (including phenoxy) is 1. The molecule has 2 N–H and O–H groups in total. The highest BCUT2D eigenvalue weighted by atomic mass is 79.9. The third-order valence-electron chi connectivity index (χ3n) is 3.16. The molecule has 2 aliphatic rings. The maximum absolute atomic E-state index is 13.7. The van der Waals surface area contributed by atoms with E-state index in [1.165, 1.54) is 6.07 Å². The van der Waals surface area contributed by atoms with Crippen molar-refractivity contribution in [3.05, 3.63) is 33.5 Å². The number of nitrogens with zero attached hydrogens (tertiary/aromatic N) is 1. The zero-order valence-corrected chi connectivity index (χ0v) is 10.1. The number of nitrogens with two attached hydrogens (primary N) is 1. The summed E-state index contributed by atoms with van der Waals surface area (Å²) in [6.45, 7) is 0.444. The molecule has 0 fully saturated rings. The molecule has 16 heavy (non-hydrogen) atoms. The summed E-state index contributed by atoms with van der Waals surface area (Å²) in [7, 11) is 0. The minimum Gasteiger partial charge on any atom is -0.463 e.